The number of amides is 2. The third-order valence-corrected chi connectivity index (χ3v) is 5.47. The number of hydrogen-bond acceptors (Lipinski definition) is 4. The summed E-state index contributed by atoms with van der Waals surface area (Å²) in [7, 11) is 0. The van der Waals surface area contributed by atoms with Crippen LogP contribution in [0.5, 0.6) is 0 Å². The molecule has 6 nitrogen and oxygen atoms in total. The number of allylic oxidation sites excluding steroid dienone is 2. The van der Waals surface area contributed by atoms with Crippen LogP contribution in [0.15, 0.2) is 24.3 Å². The highest BCUT2D eigenvalue weighted by Gasteiger charge is 2.06. The monoisotopic (exact) mass is 465 g/mol. The Kier molecular flexibility index (Phi) is 23.7. The molecule has 0 aromatic carbocycles. The molecule has 0 aromatic heterocycles. The van der Waals surface area contributed by atoms with Crippen LogP contribution in [-0.2, 0) is 9.59 Å². The second kappa shape index (κ2) is 25.0. The summed E-state index contributed by atoms with van der Waals surface area (Å²) in [6.07, 6.45) is 21.0. The second-order valence-corrected chi connectivity index (χ2v) is 8.67. The Balaban J connectivity index is 3.91. The number of rotatable bonds is 23. The van der Waals surface area contributed by atoms with Crippen LogP contribution in [0.3, 0.4) is 0 Å². The van der Waals surface area contributed by atoms with Gasteiger partial charge in [0.2, 0.25) is 11.8 Å². The van der Waals surface area contributed by atoms with E-state index in [0.29, 0.717) is 25.9 Å². The van der Waals surface area contributed by atoms with Gasteiger partial charge in [-0.05, 0) is 58.0 Å². The molecular formula is C27H51N3O3. The van der Waals surface area contributed by atoms with E-state index in [1.807, 2.05) is 12.2 Å². The molecule has 0 rings (SSSR count). The zero-order valence-electron chi connectivity index (χ0n) is 21.5. The Morgan fingerprint density at radius 2 is 1.12 bits per heavy atom. The molecule has 0 bridgehead atoms. The first-order valence-electron chi connectivity index (χ1n) is 13.3. The number of aliphatic hydroxyl groups excluding tert-OH is 1. The molecule has 0 heterocycles. The number of hydrogen-bond donors (Lipinski definition) is 3. The van der Waals surface area contributed by atoms with Gasteiger partial charge in [0.05, 0.1) is 0 Å². The summed E-state index contributed by atoms with van der Waals surface area (Å²) in [6, 6.07) is 0. The number of nitrogens with zero attached hydrogens (tertiary/aromatic N) is 1. The summed E-state index contributed by atoms with van der Waals surface area (Å²) in [5.74, 6) is 0.150. The van der Waals surface area contributed by atoms with E-state index in [1.165, 1.54) is 38.5 Å². The topological polar surface area (TPSA) is 81.7 Å². The SMILES string of the molecule is CCCCC/C=C/CC(=O)NCCCN(CCCO)CCCNC(=O)C/C=C/CCCCC. The highest BCUT2D eigenvalue weighted by atomic mass is 16.3. The molecule has 0 aliphatic carbocycles. The summed E-state index contributed by atoms with van der Waals surface area (Å²) >= 11 is 0. The number of carbonyl (C=O) groups is 2. The highest BCUT2D eigenvalue weighted by Crippen LogP contribution is 2.01. The smallest absolute Gasteiger partial charge is 0.223 e. The minimum absolute atomic E-state index is 0.0748. The van der Waals surface area contributed by atoms with Crippen molar-refractivity contribution in [3.8, 4) is 0 Å². The maximum atomic E-state index is 11.9. The lowest BCUT2D eigenvalue weighted by Gasteiger charge is -2.22. The molecule has 0 unspecified atom stereocenters. The number of unbranched alkanes of at least 4 members (excludes halogenated alkanes) is 6. The van der Waals surface area contributed by atoms with E-state index >= 15 is 0 Å². The van der Waals surface area contributed by atoms with Crippen LogP contribution < -0.4 is 10.6 Å². The first kappa shape index (κ1) is 31.3. The fourth-order valence-corrected chi connectivity index (χ4v) is 3.48. The minimum atomic E-state index is 0.0748. The molecule has 0 spiro atoms. The van der Waals surface area contributed by atoms with E-state index in [4.69, 9.17) is 5.11 Å². The van der Waals surface area contributed by atoms with Gasteiger partial charge in [-0.3, -0.25) is 9.59 Å². The molecule has 0 aliphatic rings. The van der Waals surface area contributed by atoms with Crippen molar-refractivity contribution in [1.82, 2.24) is 15.5 Å². The van der Waals surface area contributed by atoms with Gasteiger partial charge in [0, 0.05) is 39.1 Å². The van der Waals surface area contributed by atoms with Crippen LogP contribution >= 0.6 is 0 Å². The highest BCUT2D eigenvalue weighted by molar-refractivity contribution is 5.77. The van der Waals surface area contributed by atoms with Crippen LogP contribution in [0.1, 0.15) is 97.3 Å². The molecule has 0 aliphatic heterocycles. The van der Waals surface area contributed by atoms with Crippen LogP contribution in [-0.4, -0.2) is 61.2 Å². The van der Waals surface area contributed by atoms with Crippen molar-refractivity contribution < 1.29 is 14.7 Å². The normalized spacial score (nSPS) is 11.6. The van der Waals surface area contributed by atoms with Crippen molar-refractivity contribution >= 4 is 11.8 Å². The summed E-state index contributed by atoms with van der Waals surface area (Å²) in [5, 5.41) is 15.1. The Morgan fingerprint density at radius 3 is 1.55 bits per heavy atom. The zero-order valence-corrected chi connectivity index (χ0v) is 21.5. The Bertz CT molecular complexity index is 479. The molecule has 192 valence electrons. The lowest BCUT2D eigenvalue weighted by atomic mass is 10.2. The summed E-state index contributed by atoms with van der Waals surface area (Å²) in [6.45, 7) is 8.48. The largest absolute Gasteiger partial charge is 0.396 e. The van der Waals surface area contributed by atoms with Crippen LogP contribution in [0.2, 0.25) is 0 Å². The van der Waals surface area contributed by atoms with Crippen molar-refractivity contribution in [3.63, 3.8) is 0 Å². The van der Waals surface area contributed by atoms with Crippen molar-refractivity contribution in [2.45, 2.75) is 97.3 Å². The summed E-state index contributed by atoms with van der Waals surface area (Å²) in [5.41, 5.74) is 0. The van der Waals surface area contributed by atoms with E-state index < -0.39 is 0 Å². The second-order valence-electron chi connectivity index (χ2n) is 8.67. The molecule has 0 fully saturated rings. The van der Waals surface area contributed by atoms with E-state index in [1.54, 1.807) is 0 Å². The van der Waals surface area contributed by atoms with Crippen molar-refractivity contribution in [2.24, 2.45) is 0 Å². The summed E-state index contributed by atoms with van der Waals surface area (Å²) in [4.78, 5) is 26.1. The lowest BCUT2D eigenvalue weighted by molar-refractivity contribution is -0.121. The third-order valence-electron chi connectivity index (χ3n) is 5.47. The molecule has 0 saturated heterocycles. The predicted octanol–water partition coefficient (Wildman–Crippen LogP) is 4.74. The minimum Gasteiger partial charge on any atom is -0.396 e. The summed E-state index contributed by atoms with van der Waals surface area (Å²) < 4.78 is 0. The van der Waals surface area contributed by atoms with Gasteiger partial charge in [-0.15, -0.1) is 0 Å². The fourth-order valence-electron chi connectivity index (χ4n) is 3.48. The van der Waals surface area contributed by atoms with E-state index in [9.17, 15) is 9.59 Å². The molecule has 0 atom stereocenters. The average Bonchev–Trinajstić information content (AvgIpc) is 2.81. The third kappa shape index (κ3) is 23.3. The lowest BCUT2D eigenvalue weighted by Crippen LogP contribution is -2.33. The van der Waals surface area contributed by atoms with Gasteiger partial charge in [0.25, 0.3) is 0 Å². The molecular weight excluding hydrogens is 414 g/mol. The van der Waals surface area contributed by atoms with E-state index in [2.05, 4.69) is 41.5 Å². The number of aliphatic hydroxyl groups is 1. The van der Waals surface area contributed by atoms with Crippen LogP contribution in [0.25, 0.3) is 0 Å². The van der Waals surface area contributed by atoms with Gasteiger partial charge in [0.15, 0.2) is 0 Å². The van der Waals surface area contributed by atoms with Crippen molar-refractivity contribution in [2.75, 3.05) is 39.3 Å². The van der Waals surface area contributed by atoms with Gasteiger partial charge in [0.1, 0.15) is 0 Å². The maximum Gasteiger partial charge on any atom is 0.223 e. The first-order chi connectivity index (χ1) is 16.1. The quantitative estimate of drug-likeness (QED) is 0.150. The molecule has 0 radical (unpaired) electrons. The Morgan fingerprint density at radius 1 is 0.667 bits per heavy atom. The molecule has 0 aromatic rings. The van der Waals surface area contributed by atoms with Crippen LogP contribution in [0, 0.1) is 0 Å². The molecule has 6 heteroatoms. The number of carbonyl (C=O) groups excluding carboxylic acids is 2. The molecule has 0 saturated carbocycles. The van der Waals surface area contributed by atoms with Gasteiger partial charge < -0.3 is 20.6 Å². The maximum absolute atomic E-state index is 11.9. The van der Waals surface area contributed by atoms with E-state index in [-0.39, 0.29) is 18.4 Å². The first-order valence-corrected chi connectivity index (χ1v) is 13.3. The van der Waals surface area contributed by atoms with Crippen molar-refractivity contribution in [1.29, 1.82) is 0 Å². The van der Waals surface area contributed by atoms with Gasteiger partial charge in [-0.2, -0.15) is 0 Å². The Labute approximate surface area is 203 Å². The van der Waals surface area contributed by atoms with Crippen molar-refractivity contribution in [3.05, 3.63) is 24.3 Å². The molecule has 33 heavy (non-hydrogen) atoms. The predicted molar refractivity (Wildman–Crippen MR) is 139 cm³/mol. The van der Waals surface area contributed by atoms with E-state index in [0.717, 1.165) is 51.7 Å². The van der Waals surface area contributed by atoms with Gasteiger partial charge >= 0.3 is 0 Å². The van der Waals surface area contributed by atoms with Crippen LogP contribution in [0.4, 0.5) is 0 Å². The van der Waals surface area contributed by atoms with Gasteiger partial charge in [-0.1, -0.05) is 63.8 Å². The molecule has 3 N–H and O–H groups in total. The Hall–Kier alpha value is -1.66. The standard InChI is InChI=1S/C27H51N3O3/c1-3-5-7-9-11-13-18-26(32)28-20-15-22-30(24-17-25-31)23-16-21-29-27(33)19-14-12-10-8-6-4-2/h11-14,31H,3-10,15-25H2,1-2H3,(H,28,32)(H,29,33)/b13-11+,14-12+. The van der Waals surface area contributed by atoms with Gasteiger partial charge in [-0.25, -0.2) is 0 Å². The number of nitrogens with one attached hydrogen (secondary N) is 2. The molecule has 2 amide bonds. The zero-order chi connectivity index (χ0) is 24.4. The fraction of sp³-hybridized carbons (Fsp3) is 0.778. The average molecular weight is 466 g/mol.